The van der Waals surface area contributed by atoms with Gasteiger partial charge in [-0.25, -0.2) is 4.98 Å². The van der Waals surface area contributed by atoms with E-state index in [2.05, 4.69) is 9.97 Å². The molecule has 100 valence electrons. The number of halogens is 3. The van der Waals surface area contributed by atoms with Crippen LogP contribution in [0.5, 0.6) is 0 Å². The summed E-state index contributed by atoms with van der Waals surface area (Å²) < 4.78 is 48.8. The van der Waals surface area contributed by atoms with Crippen LogP contribution in [-0.4, -0.2) is 19.9 Å². The maximum absolute atomic E-state index is 12.4. The summed E-state index contributed by atoms with van der Waals surface area (Å²) in [5.74, 6) is 0.549. The smallest absolute Gasteiger partial charge is 0.310 e. The predicted molar refractivity (Wildman–Crippen MR) is 59.3 cm³/mol. The van der Waals surface area contributed by atoms with Crippen molar-refractivity contribution in [2.45, 2.75) is 24.8 Å². The summed E-state index contributed by atoms with van der Waals surface area (Å²) in [4.78, 5) is 16.6. The number of alkyl halides is 3. The second kappa shape index (κ2) is 4.83. The Morgan fingerprint density at radius 1 is 1.44 bits per heavy atom. The molecular weight excluding hydrogens is 269 g/mol. The Kier molecular flexibility index (Phi) is 3.56. The lowest BCUT2D eigenvalue weighted by Crippen LogP contribution is -2.19. The van der Waals surface area contributed by atoms with Crippen LogP contribution in [0.15, 0.2) is 10.9 Å². The zero-order valence-corrected chi connectivity index (χ0v) is 10.1. The van der Waals surface area contributed by atoms with Crippen molar-refractivity contribution in [1.29, 1.82) is 0 Å². The number of nitrogens with zero attached hydrogens (tertiary/aromatic N) is 1. The second-order valence-corrected chi connectivity index (χ2v) is 5.77. The third-order valence-corrected chi connectivity index (χ3v) is 3.94. The Balaban J connectivity index is 2.14. The van der Waals surface area contributed by atoms with Crippen molar-refractivity contribution in [3.8, 4) is 0 Å². The minimum absolute atomic E-state index is 0.143. The summed E-state index contributed by atoms with van der Waals surface area (Å²) >= 11 is 0. The number of H-pyrrole nitrogens is 1. The summed E-state index contributed by atoms with van der Waals surface area (Å²) in [5.41, 5.74) is -2.12. The maximum Gasteiger partial charge on any atom is 0.433 e. The molecule has 2 rings (SSSR count). The van der Waals surface area contributed by atoms with Crippen molar-refractivity contribution in [2.24, 2.45) is 5.92 Å². The van der Waals surface area contributed by atoms with Gasteiger partial charge in [0.15, 0.2) is 5.69 Å². The van der Waals surface area contributed by atoms with Gasteiger partial charge in [0.05, 0.1) is 5.75 Å². The topological polar surface area (TPSA) is 62.8 Å². The van der Waals surface area contributed by atoms with E-state index in [0.29, 0.717) is 17.7 Å². The van der Waals surface area contributed by atoms with Gasteiger partial charge in [0.1, 0.15) is 5.82 Å². The minimum atomic E-state index is -4.67. The van der Waals surface area contributed by atoms with E-state index < -0.39 is 28.2 Å². The molecule has 0 aliphatic heterocycles. The van der Waals surface area contributed by atoms with E-state index >= 15 is 0 Å². The van der Waals surface area contributed by atoms with Crippen LogP contribution in [0.3, 0.4) is 0 Å². The predicted octanol–water partition coefficient (Wildman–Crippen LogP) is 1.45. The van der Waals surface area contributed by atoms with E-state index in [0.717, 1.165) is 12.8 Å². The summed E-state index contributed by atoms with van der Waals surface area (Å²) in [7, 11) is -1.28. The molecule has 0 aromatic carbocycles. The molecule has 1 aromatic rings. The van der Waals surface area contributed by atoms with Gasteiger partial charge in [0.2, 0.25) is 0 Å². The lowest BCUT2D eigenvalue weighted by molar-refractivity contribution is -0.141. The lowest BCUT2D eigenvalue weighted by Gasteiger charge is -2.07. The monoisotopic (exact) mass is 280 g/mol. The first-order valence-corrected chi connectivity index (χ1v) is 6.86. The summed E-state index contributed by atoms with van der Waals surface area (Å²) in [6, 6.07) is 0.396. The van der Waals surface area contributed by atoms with E-state index in [-0.39, 0.29) is 11.6 Å². The molecule has 8 heteroatoms. The highest BCUT2D eigenvalue weighted by atomic mass is 32.2. The molecule has 0 bridgehead atoms. The first-order chi connectivity index (χ1) is 8.34. The number of aromatic nitrogens is 2. The van der Waals surface area contributed by atoms with Gasteiger partial charge in [-0.1, -0.05) is 0 Å². The Labute approximate surface area is 103 Å². The van der Waals surface area contributed by atoms with E-state index in [4.69, 9.17) is 0 Å². The van der Waals surface area contributed by atoms with Crippen molar-refractivity contribution >= 4 is 10.8 Å². The average molecular weight is 280 g/mol. The molecule has 1 heterocycles. The van der Waals surface area contributed by atoms with E-state index in [1.54, 1.807) is 0 Å². The van der Waals surface area contributed by atoms with Crippen molar-refractivity contribution in [3.63, 3.8) is 0 Å². The number of rotatable bonds is 4. The van der Waals surface area contributed by atoms with Crippen molar-refractivity contribution in [2.75, 3.05) is 5.75 Å². The normalized spacial score (nSPS) is 17.7. The van der Waals surface area contributed by atoms with Gasteiger partial charge < -0.3 is 4.98 Å². The Morgan fingerprint density at radius 2 is 2.11 bits per heavy atom. The molecule has 1 aliphatic carbocycles. The highest BCUT2D eigenvalue weighted by Crippen LogP contribution is 2.30. The minimum Gasteiger partial charge on any atom is -0.310 e. The van der Waals surface area contributed by atoms with Gasteiger partial charge in [-0.3, -0.25) is 9.00 Å². The van der Waals surface area contributed by atoms with Crippen LogP contribution in [0.1, 0.15) is 24.4 Å². The Hall–Kier alpha value is -1.18. The second-order valence-electron chi connectivity index (χ2n) is 4.27. The molecule has 1 aromatic heterocycles. The largest absolute Gasteiger partial charge is 0.433 e. The molecule has 18 heavy (non-hydrogen) atoms. The number of aromatic amines is 1. The van der Waals surface area contributed by atoms with Crippen LogP contribution in [-0.2, 0) is 22.7 Å². The molecule has 1 aliphatic rings. The first kappa shape index (κ1) is 13.3. The van der Waals surface area contributed by atoms with Gasteiger partial charge in [0.25, 0.3) is 5.56 Å². The number of hydrogen-bond acceptors (Lipinski definition) is 3. The number of nitrogens with one attached hydrogen (secondary N) is 1. The van der Waals surface area contributed by atoms with Crippen molar-refractivity contribution in [3.05, 3.63) is 27.9 Å². The van der Waals surface area contributed by atoms with E-state index in [1.165, 1.54) is 0 Å². The zero-order valence-electron chi connectivity index (χ0n) is 9.29. The van der Waals surface area contributed by atoms with Crippen LogP contribution in [0, 0.1) is 5.92 Å². The number of hydrogen-bond donors (Lipinski definition) is 1. The van der Waals surface area contributed by atoms with Crippen molar-refractivity contribution in [1.82, 2.24) is 9.97 Å². The Bertz CT molecular complexity index is 523. The van der Waals surface area contributed by atoms with E-state index in [1.807, 2.05) is 0 Å². The standard InChI is InChI=1S/C10H11F3N2O2S/c11-10(12,13)7-3-9(16)15-8(14-7)5-18(17)4-6-1-2-6/h3,6H,1-2,4-5H2,(H,14,15,16)/t18-/m1/s1. The van der Waals surface area contributed by atoms with Gasteiger partial charge in [-0.2, -0.15) is 13.2 Å². The molecule has 1 fully saturated rings. The van der Waals surface area contributed by atoms with E-state index in [9.17, 15) is 22.2 Å². The molecule has 1 atom stereocenters. The highest BCUT2D eigenvalue weighted by molar-refractivity contribution is 7.84. The molecule has 0 unspecified atom stereocenters. The lowest BCUT2D eigenvalue weighted by atomic mass is 10.4. The molecule has 1 N–H and O–H groups in total. The first-order valence-electron chi connectivity index (χ1n) is 5.37. The van der Waals surface area contributed by atoms with Gasteiger partial charge in [-0.15, -0.1) is 0 Å². The summed E-state index contributed by atoms with van der Waals surface area (Å²) in [6.45, 7) is 0. The highest BCUT2D eigenvalue weighted by Gasteiger charge is 2.33. The fourth-order valence-corrected chi connectivity index (χ4v) is 2.90. The van der Waals surface area contributed by atoms with Crippen LogP contribution >= 0.6 is 0 Å². The van der Waals surface area contributed by atoms with Crippen LogP contribution in [0.25, 0.3) is 0 Å². The molecule has 4 nitrogen and oxygen atoms in total. The zero-order chi connectivity index (χ0) is 13.3. The molecule has 0 amide bonds. The Morgan fingerprint density at radius 3 is 2.67 bits per heavy atom. The third-order valence-electron chi connectivity index (χ3n) is 2.50. The van der Waals surface area contributed by atoms with Crippen molar-refractivity contribution < 1.29 is 17.4 Å². The fraction of sp³-hybridized carbons (Fsp3) is 0.600. The van der Waals surface area contributed by atoms with Crippen LogP contribution in [0.2, 0.25) is 0 Å². The van der Waals surface area contributed by atoms with Gasteiger partial charge in [-0.05, 0) is 18.8 Å². The molecule has 1 saturated carbocycles. The van der Waals surface area contributed by atoms with Crippen LogP contribution < -0.4 is 5.56 Å². The quantitative estimate of drug-likeness (QED) is 0.908. The molecule has 0 spiro atoms. The molecular formula is C10H11F3N2O2S. The van der Waals surface area contributed by atoms with Gasteiger partial charge >= 0.3 is 6.18 Å². The molecule has 0 radical (unpaired) electrons. The summed E-state index contributed by atoms with van der Waals surface area (Å²) in [5, 5.41) is 0. The molecule has 0 saturated heterocycles. The third kappa shape index (κ3) is 3.66. The van der Waals surface area contributed by atoms with Gasteiger partial charge in [0, 0.05) is 22.6 Å². The average Bonchev–Trinajstić information content (AvgIpc) is 2.98. The SMILES string of the molecule is O=c1cc(C(F)(F)F)nc(C[S@](=O)CC2CC2)[nH]1. The maximum atomic E-state index is 12.4. The van der Waals surface area contributed by atoms with Crippen LogP contribution in [0.4, 0.5) is 13.2 Å². The fourth-order valence-electron chi connectivity index (χ4n) is 1.48. The summed E-state index contributed by atoms with van der Waals surface area (Å²) in [6.07, 6.45) is -2.64.